The molecule has 0 aliphatic carbocycles. The van der Waals surface area contributed by atoms with Crippen LogP contribution in [0.4, 0.5) is 0 Å². The van der Waals surface area contributed by atoms with Gasteiger partial charge in [0.2, 0.25) is 0 Å². The lowest BCUT2D eigenvalue weighted by atomic mass is 10.0. The molecule has 3 N–H and O–H groups in total. The Hall–Kier alpha value is -2.07. The van der Waals surface area contributed by atoms with Crippen LogP contribution in [0.3, 0.4) is 0 Å². The van der Waals surface area contributed by atoms with Crippen molar-refractivity contribution in [1.82, 2.24) is 0 Å². The number of unbranched alkanes of at least 4 members (excludes halogenated alkanes) is 26. The van der Waals surface area contributed by atoms with Crippen LogP contribution in [-0.2, 0) is 32.7 Å². The van der Waals surface area contributed by atoms with Crippen LogP contribution in [0.15, 0.2) is 48.6 Å². The zero-order valence-electron chi connectivity index (χ0n) is 40.3. The van der Waals surface area contributed by atoms with Crippen LogP contribution in [0.1, 0.15) is 232 Å². The average Bonchev–Trinajstić information content (AvgIpc) is 3.27. The largest absolute Gasteiger partial charge is 0.472 e. The van der Waals surface area contributed by atoms with Crippen LogP contribution in [-0.4, -0.2) is 65.7 Å². The van der Waals surface area contributed by atoms with Crippen LogP contribution < -0.4 is 0 Å². The van der Waals surface area contributed by atoms with Crippen molar-refractivity contribution < 1.29 is 47.8 Å². The Morgan fingerprint density at radius 1 is 0.476 bits per heavy atom. The third-order valence-electron chi connectivity index (χ3n) is 11.0. The van der Waals surface area contributed by atoms with Crippen LogP contribution in [0.2, 0.25) is 0 Å². The fraction of sp³-hybridized carbons (Fsp3) is 0.808. The molecule has 10 nitrogen and oxygen atoms in total. The van der Waals surface area contributed by atoms with E-state index in [1.165, 1.54) is 135 Å². The number of phosphoric ester groups is 1. The maximum atomic E-state index is 12.7. The van der Waals surface area contributed by atoms with Crippen molar-refractivity contribution in [1.29, 1.82) is 0 Å². The summed E-state index contributed by atoms with van der Waals surface area (Å²) in [7, 11) is -4.63. The molecule has 0 radical (unpaired) electrons. The molecule has 0 amide bonds. The van der Waals surface area contributed by atoms with Crippen molar-refractivity contribution in [2.75, 3.05) is 26.4 Å². The summed E-state index contributed by atoms with van der Waals surface area (Å²) in [5.74, 6) is -0.952. The van der Waals surface area contributed by atoms with Crippen molar-refractivity contribution >= 4 is 19.8 Å². The van der Waals surface area contributed by atoms with Gasteiger partial charge in [-0.25, -0.2) is 4.57 Å². The molecule has 0 saturated heterocycles. The molecular formula is C52H95O10P. The van der Waals surface area contributed by atoms with Gasteiger partial charge in [0.1, 0.15) is 12.7 Å². The summed E-state index contributed by atoms with van der Waals surface area (Å²) < 4.78 is 32.8. The second-order valence-corrected chi connectivity index (χ2v) is 18.7. The predicted molar refractivity (Wildman–Crippen MR) is 261 cm³/mol. The smallest absolute Gasteiger partial charge is 0.462 e. The fourth-order valence-electron chi connectivity index (χ4n) is 7.04. The van der Waals surface area contributed by atoms with E-state index in [4.69, 9.17) is 23.6 Å². The highest BCUT2D eigenvalue weighted by molar-refractivity contribution is 7.47. The maximum Gasteiger partial charge on any atom is 0.472 e. The molecule has 0 aliphatic rings. The number of aliphatic hydroxyl groups excluding tert-OH is 2. The number of ether oxygens (including phenoxy) is 2. The van der Waals surface area contributed by atoms with E-state index in [1.807, 2.05) is 0 Å². The van der Waals surface area contributed by atoms with Gasteiger partial charge in [0.15, 0.2) is 6.10 Å². The first-order valence-electron chi connectivity index (χ1n) is 25.6. The summed E-state index contributed by atoms with van der Waals surface area (Å²) >= 11 is 0. The highest BCUT2D eigenvalue weighted by Crippen LogP contribution is 2.43. The number of carbonyl (C=O) groups is 2. The average molecular weight is 911 g/mol. The van der Waals surface area contributed by atoms with E-state index >= 15 is 0 Å². The van der Waals surface area contributed by atoms with E-state index in [1.54, 1.807) is 0 Å². The lowest BCUT2D eigenvalue weighted by molar-refractivity contribution is -0.161. The second kappa shape index (κ2) is 47.9. The van der Waals surface area contributed by atoms with Crippen LogP contribution >= 0.6 is 7.82 Å². The van der Waals surface area contributed by atoms with Crippen molar-refractivity contribution in [2.45, 2.75) is 244 Å². The van der Waals surface area contributed by atoms with Crippen LogP contribution in [0.25, 0.3) is 0 Å². The van der Waals surface area contributed by atoms with E-state index in [-0.39, 0.29) is 19.4 Å². The lowest BCUT2D eigenvalue weighted by Crippen LogP contribution is -2.29. The number of hydrogen-bond acceptors (Lipinski definition) is 9. The molecule has 0 aliphatic heterocycles. The summed E-state index contributed by atoms with van der Waals surface area (Å²) in [5, 5.41) is 18.4. The number of hydrogen-bond donors (Lipinski definition) is 3. The minimum atomic E-state index is -4.63. The standard InChI is InChI=1S/C52H95O10P/c1-3-5-7-9-11-13-15-17-19-21-23-24-26-28-30-32-34-36-38-40-42-44-52(56)62-50(48-61-63(57,58)60-46-49(54)45-53)47-59-51(55)43-41-39-37-35-33-31-29-27-25-22-20-18-16-14-12-10-8-6-4-2/h12,14,18,20,25,27,31,33,49-50,53-54H,3-11,13,15-17,19,21-24,26,28-30,32,34-48H2,1-2H3,(H,57,58)/b14-12+,20-18+,27-25+,33-31+/t49-,50+/m0/s1. The Bertz CT molecular complexity index is 1190. The van der Waals surface area contributed by atoms with Gasteiger partial charge in [0, 0.05) is 12.8 Å². The Balaban J connectivity index is 4.22. The number of phosphoric acid groups is 1. The second-order valence-electron chi connectivity index (χ2n) is 17.2. The molecule has 0 aromatic heterocycles. The first-order valence-corrected chi connectivity index (χ1v) is 27.1. The number of carbonyl (C=O) groups excluding carboxylic acids is 2. The van der Waals surface area contributed by atoms with Gasteiger partial charge in [-0.15, -0.1) is 0 Å². The molecule has 0 saturated carbocycles. The van der Waals surface area contributed by atoms with Crippen molar-refractivity contribution in [3.05, 3.63) is 48.6 Å². The summed E-state index contributed by atoms with van der Waals surface area (Å²) in [6.45, 7) is 2.35. The van der Waals surface area contributed by atoms with Crippen molar-refractivity contribution in [2.24, 2.45) is 0 Å². The molecule has 0 rings (SSSR count). The highest BCUT2D eigenvalue weighted by atomic mass is 31.2. The molecule has 1 unspecified atom stereocenters. The lowest BCUT2D eigenvalue weighted by Gasteiger charge is -2.20. The van der Waals surface area contributed by atoms with Gasteiger partial charge in [-0.1, -0.05) is 210 Å². The first-order chi connectivity index (χ1) is 30.7. The third kappa shape index (κ3) is 47.7. The summed E-state index contributed by atoms with van der Waals surface area (Å²) in [4.78, 5) is 35.2. The normalized spacial score (nSPS) is 14.0. The summed E-state index contributed by atoms with van der Waals surface area (Å²) in [5.41, 5.74) is 0. The zero-order valence-corrected chi connectivity index (χ0v) is 41.2. The topological polar surface area (TPSA) is 149 Å². The number of rotatable bonds is 48. The monoisotopic (exact) mass is 911 g/mol. The molecule has 0 fully saturated rings. The van der Waals surface area contributed by atoms with E-state index < -0.39 is 51.8 Å². The molecule has 368 valence electrons. The zero-order chi connectivity index (χ0) is 46.2. The van der Waals surface area contributed by atoms with Gasteiger partial charge in [0.25, 0.3) is 0 Å². The van der Waals surface area contributed by atoms with Crippen LogP contribution in [0, 0.1) is 0 Å². The molecule has 63 heavy (non-hydrogen) atoms. The maximum absolute atomic E-state index is 12.7. The molecule has 0 heterocycles. The quantitative estimate of drug-likeness (QED) is 0.0233. The Morgan fingerprint density at radius 2 is 0.825 bits per heavy atom. The molecule has 3 atom stereocenters. The minimum absolute atomic E-state index is 0.179. The molecule has 11 heteroatoms. The summed E-state index contributed by atoms with van der Waals surface area (Å²) in [6, 6.07) is 0. The van der Waals surface area contributed by atoms with E-state index in [9.17, 15) is 24.2 Å². The molecular weight excluding hydrogens is 816 g/mol. The fourth-order valence-corrected chi connectivity index (χ4v) is 7.83. The van der Waals surface area contributed by atoms with Crippen molar-refractivity contribution in [3.8, 4) is 0 Å². The molecule has 0 aromatic carbocycles. The van der Waals surface area contributed by atoms with Gasteiger partial charge in [-0.05, 0) is 57.8 Å². The highest BCUT2D eigenvalue weighted by Gasteiger charge is 2.27. The minimum Gasteiger partial charge on any atom is -0.462 e. The Kier molecular flexibility index (Phi) is 46.3. The van der Waals surface area contributed by atoms with Gasteiger partial charge >= 0.3 is 19.8 Å². The number of aliphatic hydroxyl groups is 2. The number of esters is 2. The Morgan fingerprint density at radius 3 is 1.27 bits per heavy atom. The van der Waals surface area contributed by atoms with Gasteiger partial charge in [-0.3, -0.25) is 18.6 Å². The Labute approximate surface area is 385 Å². The third-order valence-corrected chi connectivity index (χ3v) is 11.9. The SMILES string of the molecule is CCCCC/C=C/C/C=C/C/C=C/C/C=C/CCCCCC(=O)OC[C@H](COP(=O)(O)OC[C@@H](O)CO)OC(=O)CCCCCCCCCCCCCCCCCCCCCCC. The van der Waals surface area contributed by atoms with E-state index in [0.29, 0.717) is 12.8 Å². The van der Waals surface area contributed by atoms with E-state index in [2.05, 4.69) is 62.5 Å². The molecule has 0 spiro atoms. The predicted octanol–water partition coefficient (Wildman–Crippen LogP) is 14.5. The molecule has 0 bridgehead atoms. The molecule has 0 aromatic rings. The van der Waals surface area contributed by atoms with E-state index in [0.717, 1.165) is 57.8 Å². The summed E-state index contributed by atoms with van der Waals surface area (Å²) in [6.07, 6.45) is 53.6. The van der Waals surface area contributed by atoms with Crippen LogP contribution in [0.5, 0.6) is 0 Å². The van der Waals surface area contributed by atoms with Gasteiger partial charge in [-0.2, -0.15) is 0 Å². The van der Waals surface area contributed by atoms with Gasteiger partial charge < -0.3 is 24.6 Å². The number of allylic oxidation sites excluding steroid dienone is 8. The van der Waals surface area contributed by atoms with Crippen molar-refractivity contribution in [3.63, 3.8) is 0 Å². The first kappa shape index (κ1) is 60.9. The van der Waals surface area contributed by atoms with Gasteiger partial charge in [0.05, 0.1) is 19.8 Å².